The first kappa shape index (κ1) is 16.7. The molecule has 1 unspecified atom stereocenters. The summed E-state index contributed by atoms with van der Waals surface area (Å²) < 4.78 is 26.7. The van der Waals surface area contributed by atoms with Gasteiger partial charge in [-0.3, -0.25) is 9.48 Å². The highest BCUT2D eigenvalue weighted by Gasteiger charge is 2.35. The predicted octanol–water partition coefficient (Wildman–Crippen LogP) is 2.31. The second kappa shape index (κ2) is 6.60. The molecule has 1 aliphatic rings. The van der Waals surface area contributed by atoms with Crippen molar-refractivity contribution in [2.45, 2.75) is 57.7 Å². The van der Waals surface area contributed by atoms with Crippen LogP contribution >= 0.6 is 15.9 Å². The lowest BCUT2D eigenvalue weighted by Crippen LogP contribution is -2.36. The Morgan fingerprint density at radius 1 is 1.38 bits per heavy atom. The van der Waals surface area contributed by atoms with E-state index in [1.54, 1.807) is 4.68 Å². The highest BCUT2D eigenvalue weighted by atomic mass is 79.9. The number of aryl methyl sites for hydroxylation is 2. The van der Waals surface area contributed by atoms with Gasteiger partial charge in [0, 0.05) is 6.54 Å². The summed E-state index contributed by atoms with van der Waals surface area (Å²) in [6, 6.07) is 0. The molecule has 1 aliphatic heterocycles. The fourth-order valence-electron chi connectivity index (χ4n) is 2.78. The molecule has 0 saturated carbocycles. The number of hydrogen-bond donors (Lipinski definition) is 0. The van der Waals surface area contributed by atoms with Crippen LogP contribution in [0.5, 0.6) is 0 Å². The molecule has 1 aromatic heterocycles. The molecule has 0 amide bonds. The van der Waals surface area contributed by atoms with Crippen molar-refractivity contribution in [3.8, 4) is 0 Å². The number of sulfone groups is 1. The van der Waals surface area contributed by atoms with Crippen molar-refractivity contribution >= 4 is 31.6 Å². The fraction of sp³-hybridized carbons (Fsp3) is 0.714. The van der Waals surface area contributed by atoms with Gasteiger partial charge in [-0.1, -0.05) is 13.3 Å². The van der Waals surface area contributed by atoms with Crippen LogP contribution in [0.3, 0.4) is 0 Å². The minimum atomic E-state index is -3.27. The number of halogens is 1. The van der Waals surface area contributed by atoms with Crippen LogP contribution in [0, 0.1) is 0 Å². The van der Waals surface area contributed by atoms with E-state index in [9.17, 15) is 13.2 Å². The first-order chi connectivity index (χ1) is 9.90. The molecule has 118 valence electrons. The molecule has 21 heavy (non-hydrogen) atoms. The van der Waals surface area contributed by atoms with E-state index in [2.05, 4.69) is 21.0 Å². The molecule has 7 heteroatoms. The molecule has 0 spiro atoms. The highest BCUT2D eigenvalue weighted by Crippen LogP contribution is 2.26. The molecule has 0 N–H and O–H groups in total. The number of hydrogen-bond acceptors (Lipinski definition) is 4. The number of ketones is 1. The molecule has 1 atom stereocenters. The van der Waals surface area contributed by atoms with Crippen molar-refractivity contribution < 1.29 is 13.2 Å². The zero-order chi connectivity index (χ0) is 15.6. The number of rotatable bonds is 5. The van der Waals surface area contributed by atoms with Crippen LogP contribution in [0.15, 0.2) is 4.47 Å². The van der Waals surface area contributed by atoms with Crippen molar-refractivity contribution in [2.75, 3.05) is 5.75 Å². The normalized spacial score (nSPS) is 21.4. The molecule has 1 aromatic rings. The van der Waals surface area contributed by atoms with E-state index in [0.29, 0.717) is 19.4 Å². The Bertz CT molecular complexity index is 637. The summed E-state index contributed by atoms with van der Waals surface area (Å²) in [6.07, 6.45) is 2.84. The van der Waals surface area contributed by atoms with Gasteiger partial charge in [-0.25, -0.2) is 8.42 Å². The largest absolute Gasteiger partial charge is 0.298 e. The van der Waals surface area contributed by atoms with Crippen LogP contribution in [0.1, 0.15) is 44.5 Å². The molecule has 1 saturated heterocycles. The highest BCUT2D eigenvalue weighted by molar-refractivity contribution is 9.10. The monoisotopic (exact) mass is 376 g/mol. The van der Waals surface area contributed by atoms with E-state index < -0.39 is 15.1 Å². The standard InChI is InChI=1S/C14H21BrN2O3S/c1-3-10-14(15)11(17(4-2)16-10)9-12(18)13-7-5-6-8-21(13,19)20/h13H,3-9H2,1-2H3. The Balaban J connectivity index is 2.25. The number of carbonyl (C=O) groups is 1. The average molecular weight is 377 g/mol. The summed E-state index contributed by atoms with van der Waals surface area (Å²) in [5.41, 5.74) is 1.70. The van der Waals surface area contributed by atoms with Crippen LogP contribution in [-0.2, 0) is 34.0 Å². The first-order valence-corrected chi connectivity index (χ1v) is 9.89. The Morgan fingerprint density at radius 3 is 2.67 bits per heavy atom. The van der Waals surface area contributed by atoms with E-state index in [0.717, 1.165) is 28.7 Å². The van der Waals surface area contributed by atoms with Gasteiger partial charge in [-0.15, -0.1) is 0 Å². The van der Waals surface area contributed by atoms with Crippen LogP contribution in [-0.4, -0.2) is 35.0 Å². The Morgan fingerprint density at radius 2 is 2.10 bits per heavy atom. The minimum Gasteiger partial charge on any atom is -0.298 e. The third-order valence-corrected chi connectivity index (χ3v) is 7.11. The molecule has 5 nitrogen and oxygen atoms in total. The zero-order valence-corrected chi connectivity index (χ0v) is 14.8. The maximum absolute atomic E-state index is 12.5. The molecular formula is C14H21BrN2O3S. The van der Waals surface area contributed by atoms with Crippen molar-refractivity contribution in [1.29, 1.82) is 0 Å². The van der Waals surface area contributed by atoms with Gasteiger partial charge >= 0.3 is 0 Å². The van der Waals surface area contributed by atoms with Crippen LogP contribution < -0.4 is 0 Å². The first-order valence-electron chi connectivity index (χ1n) is 7.39. The van der Waals surface area contributed by atoms with E-state index in [4.69, 9.17) is 0 Å². The van der Waals surface area contributed by atoms with Gasteiger partial charge in [0.15, 0.2) is 15.6 Å². The molecule has 2 heterocycles. The van der Waals surface area contributed by atoms with E-state index in [1.165, 1.54) is 0 Å². The van der Waals surface area contributed by atoms with E-state index >= 15 is 0 Å². The summed E-state index contributed by atoms with van der Waals surface area (Å²) in [7, 11) is -3.27. The maximum atomic E-state index is 12.5. The lowest BCUT2D eigenvalue weighted by atomic mass is 10.1. The van der Waals surface area contributed by atoms with Gasteiger partial charge in [0.2, 0.25) is 0 Å². The third-order valence-electron chi connectivity index (χ3n) is 3.97. The minimum absolute atomic E-state index is 0.130. The van der Waals surface area contributed by atoms with Crippen LogP contribution in [0.2, 0.25) is 0 Å². The predicted molar refractivity (Wildman–Crippen MR) is 85.1 cm³/mol. The summed E-state index contributed by atoms with van der Waals surface area (Å²) in [5, 5.41) is 3.62. The molecule has 1 fully saturated rings. The quantitative estimate of drug-likeness (QED) is 0.790. The SMILES string of the molecule is CCc1nn(CC)c(CC(=O)C2CCCCS2(=O)=O)c1Br. The second-order valence-electron chi connectivity index (χ2n) is 5.37. The topological polar surface area (TPSA) is 69.0 Å². The summed E-state index contributed by atoms with van der Waals surface area (Å²) in [5.74, 6) is -0.0645. The molecule has 0 radical (unpaired) electrons. The smallest absolute Gasteiger partial charge is 0.160 e. The van der Waals surface area contributed by atoms with Crippen molar-refractivity contribution in [2.24, 2.45) is 0 Å². The molecule has 0 aliphatic carbocycles. The lowest BCUT2D eigenvalue weighted by molar-refractivity contribution is -0.118. The van der Waals surface area contributed by atoms with Gasteiger partial charge in [0.25, 0.3) is 0 Å². The van der Waals surface area contributed by atoms with E-state index in [-0.39, 0.29) is 18.0 Å². The fourth-order valence-corrected chi connectivity index (χ4v) is 5.39. The number of nitrogens with zero attached hydrogens (tertiary/aromatic N) is 2. The van der Waals surface area contributed by atoms with Gasteiger partial charge < -0.3 is 0 Å². The number of aromatic nitrogens is 2. The molecular weight excluding hydrogens is 356 g/mol. The van der Waals surface area contributed by atoms with E-state index in [1.807, 2.05) is 13.8 Å². The summed E-state index contributed by atoms with van der Waals surface area (Å²) >= 11 is 3.50. The van der Waals surface area contributed by atoms with Crippen molar-refractivity contribution in [1.82, 2.24) is 9.78 Å². The van der Waals surface area contributed by atoms with Gasteiger partial charge in [0.1, 0.15) is 5.25 Å². The Labute approximate surface area is 134 Å². The number of carbonyl (C=O) groups excluding carboxylic acids is 1. The maximum Gasteiger partial charge on any atom is 0.160 e. The second-order valence-corrected chi connectivity index (χ2v) is 8.47. The van der Waals surface area contributed by atoms with Gasteiger partial charge in [0.05, 0.1) is 28.0 Å². The summed E-state index contributed by atoms with van der Waals surface area (Å²) in [4.78, 5) is 12.5. The van der Waals surface area contributed by atoms with Gasteiger partial charge in [-0.2, -0.15) is 5.10 Å². The van der Waals surface area contributed by atoms with Crippen LogP contribution in [0.25, 0.3) is 0 Å². The molecule has 2 rings (SSSR count). The molecule has 0 aromatic carbocycles. The zero-order valence-electron chi connectivity index (χ0n) is 12.4. The molecule has 0 bridgehead atoms. The summed E-state index contributed by atoms with van der Waals surface area (Å²) in [6.45, 7) is 4.63. The Kier molecular flexibility index (Phi) is 5.24. The van der Waals surface area contributed by atoms with Crippen molar-refractivity contribution in [3.05, 3.63) is 15.9 Å². The Hall–Kier alpha value is -0.690. The van der Waals surface area contributed by atoms with Gasteiger partial charge in [-0.05, 0) is 42.1 Å². The lowest BCUT2D eigenvalue weighted by Gasteiger charge is -2.21. The van der Waals surface area contributed by atoms with Crippen molar-refractivity contribution in [3.63, 3.8) is 0 Å². The average Bonchev–Trinajstić information content (AvgIpc) is 2.74. The number of Topliss-reactive ketones (excluding diaryl/α,β-unsaturated/α-hetero) is 1. The third kappa shape index (κ3) is 3.39. The van der Waals surface area contributed by atoms with Crippen LogP contribution in [0.4, 0.5) is 0 Å².